The Hall–Kier alpha value is -3.18. The van der Waals surface area contributed by atoms with Crippen LogP contribution in [0.3, 0.4) is 0 Å². The molecule has 3 atom stereocenters. The van der Waals surface area contributed by atoms with Crippen LogP contribution >= 0.6 is 0 Å². The van der Waals surface area contributed by atoms with Crippen molar-refractivity contribution in [3.8, 4) is 5.75 Å². The number of aromatic nitrogens is 3. The van der Waals surface area contributed by atoms with Gasteiger partial charge in [0.25, 0.3) is 0 Å². The first-order valence-electron chi connectivity index (χ1n) is 11.9. The topological polar surface area (TPSA) is 122 Å². The Balaban J connectivity index is 1.74. The Labute approximate surface area is 206 Å². The van der Waals surface area contributed by atoms with Gasteiger partial charge in [0.2, 0.25) is 5.91 Å². The zero-order valence-electron chi connectivity index (χ0n) is 20.9. The van der Waals surface area contributed by atoms with Crippen molar-refractivity contribution in [2.45, 2.75) is 52.0 Å². The molecule has 0 saturated carbocycles. The fraction of sp³-hybridized carbons (Fsp3) is 0.583. The Morgan fingerprint density at radius 2 is 2.11 bits per heavy atom. The molecule has 1 aromatic carbocycles. The number of carbonyl (C=O) groups is 2. The Bertz CT molecular complexity index is 966. The van der Waals surface area contributed by atoms with Crippen molar-refractivity contribution in [3.63, 3.8) is 0 Å². The van der Waals surface area contributed by atoms with Gasteiger partial charge in [0.05, 0.1) is 44.4 Å². The van der Waals surface area contributed by atoms with Crippen molar-refractivity contribution >= 4 is 17.6 Å². The smallest absolute Gasteiger partial charge is 0.321 e. The zero-order chi connectivity index (χ0) is 25.4. The highest BCUT2D eigenvalue weighted by Gasteiger charge is 2.29. The third-order valence-electron chi connectivity index (χ3n) is 6.28. The van der Waals surface area contributed by atoms with Gasteiger partial charge in [-0.15, -0.1) is 5.10 Å². The minimum absolute atomic E-state index is 0.0232. The van der Waals surface area contributed by atoms with Crippen molar-refractivity contribution < 1.29 is 24.2 Å². The van der Waals surface area contributed by atoms with Crippen molar-refractivity contribution in [1.29, 1.82) is 0 Å². The Morgan fingerprint density at radius 3 is 2.80 bits per heavy atom. The highest BCUT2D eigenvalue weighted by atomic mass is 16.5. The van der Waals surface area contributed by atoms with Gasteiger partial charge in [-0.1, -0.05) is 12.1 Å². The second-order valence-electron chi connectivity index (χ2n) is 9.00. The van der Waals surface area contributed by atoms with Gasteiger partial charge in [0.1, 0.15) is 5.75 Å². The molecule has 0 saturated heterocycles. The first kappa shape index (κ1) is 26.4. The van der Waals surface area contributed by atoms with E-state index < -0.39 is 0 Å². The lowest BCUT2D eigenvalue weighted by Gasteiger charge is -2.35. The van der Waals surface area contributed by atoms with Crippen LogP contribution in [0, 0.1) is 5.92 Å². The van der Waals surface area contributed by atoms with Gasteiger partial charge >= 0.3 is 6.03 Å². The molecule has 1 aliphatic rings. The largest absolute Gasteiger partial charge is 0.497 e. The number of anilines is 1. The maximum absolute atomic E-state index is 13.0. The van der Waals surface area contributed by atoms with Gasteiger partial charge in [-0.05, 0) is 37.6 Å². The molecule has 11 nitrogen and oxygen atoms in total. The molecule has 11 heteroatoms. The quantitative estimate of drug-likeness (QED) is 0.637. The molecule has 0 fully saturated rings. The standard InChI is InChI=1S/C24H36N6O5/c1-17-13-29(18(2)15-31)23(32)6-5-11-30-20(12-25-27-30)16-35-22(17)14-28(3)24(33)26-19-7-9-21(34-4)10-8-19/h7-10,12,17-18,22,31H,5-6,11,13-16H2,1-4H3,(H,26,33)/t17-,18+,22-/m1/s1. The molecular weight excluding hydrogens is 452 g/mol. The molecule has 3 rings (SSSR count). The third-order valence-corrected chi connectivity index (χ3v) is 6.28. The van der Waals surface area contributed by atoms with Crippen LogP contribution in [0.5, 0.6) is 5.75 Å². The SMILES string of the molecule is COc1ccc(NC(=O)N(C)C[C@H]2OCc3cnnn3CCCC(=O)N([C@@H](C)CO)C[C@H]2C)cc1. The molecule has 192 valence electrons. The van der Waals surface area contributed by atoms with Gasteiger partial charge in [-0.3, -0.25) is 4.79 Å². The number of hydrogen-bond acceptors (Lipinski definition) is 7. The van der Waals surface area contributed by atoms with Crippen LogP contribution in [0.25, 0.3) is 0 Å². The number of aliphatic hydroxyl groups excluding tert-OH is 1. The van der Waals surface area contributed by atoms with E-state index in [2.05, 4.69) is 15.6 Å². The number of carbonyl (C=O) groups excluding carboxylic acids is 2. The average Bonchev–Trinajstić information content (AvgIpc) is 3.31. The van der Waals surface area contributed by atoms with Gasteiger partial charge in [-0.25, -0.2) is 9.48 Å². The van der Waals surface area contributed by atoms with Crippen LogP contribution in [0.1, 0.15) is 32.4 Å². The summed E-state index contributed by atoms with van der Waals surface area (Å²) >= 11 is 0. The van der Waals surface area contributed by atoms with E-state index in [1.165, 1.54) is 0 Å². The maximum Gasteiger partial charge on any atom is 0.321 e. The summed E-state index contributed by atoms with van der Waals surface area (Å²) in [6.07, 6.45) is 2.27. The van der Waals surface area contributed by atoms with E-state index in [4.69, 9.17) is 9.47 Å². The van der Waals surface area contributed by atoms with Crippen LogP contribution in [0.2, 0.25) is 0 Å². The fourth-order valence-electron chi connectivity index (χ4n) is 3.99. The second kappa shape index (κ2) is 12.5. The number of ether oxygens (including phenoxy) is 2. The highest BCUT2D eigenvalue weighted by molar-refractivity contribution is 5.89. The Morgan fingerprint density at radius 1 is 1.37 bits per heavy atom. The first-order valence-corrected chi connectivity index (χ1v) is 11.9. The summed E-state index contributed by atoms with van der Waals surface area (Å²) in [4.78, 5) is 29.1. The minimum Gasteiger partial charge on any atom is -0.497 e. The molecule has 2 aromatic rings. The van der Waals surface area contributed by atoms with E-state index in [0.29, 0.717) is 50.5 Å². The van der Waals surface area contributed by atoms with Gasteiger partial charge in [0.15, 0.2) is 0 Å². The number of rotatable bonds is 6. The van der Waals surface area contributed by atoms with Gasteiger partial charge < -0.3 is 29.7 Å². The number of methoxy groups -OCH3 is 1. The maximum atomic E-state index is 13.0. The normalized spacial score (nSPS) is 20.3. The summed E-state index contributed by atoms with van der Waals surface area (Å²) in [7, 11) is 3.29. The van der Waals surface area contributed by atoms with Crippen LogP contribution < -0.4 is 10.1 Å². The molecular formula is C24H36N6O5. The van der Waals surface area contributed by atoms with E-state index in [0.717, 1.165) is 5.69 Å². The first-order chi connectivity index (χ1) is 16.8. The summed E-state index contributed by atoms with van der Waals surface area (Å²) in [5.41, 5.74) is 1.47. The number of benzene rings is 1. The number of aliphatic hydroxyl groups is 1. The van der Waals surface area contributed by atoms with Gasteiger partial charge in [0, 0.05) is 44.7 Å². The number of nitrogens with zero attached hydrogens (tertiary/aromatic N) is 5. The summed E-state index contributed by atoms with van der Waals surface area (Å²) in [6.45, 7) is 5.26. The molecule has 0 radical (unpaired) electrons. The van der Waals surface area contributed by atoms with Crippen molar-refractivity contribution in [2.75, 3.05) is 39.2 Å². The zero-order valence-corrected chi connectivity index (χ0v) is 20.9. The molecule has 2 N–H and O–H groups in total. The third kappa shape index (κ3) is 7.15. The van der Waals surface area contributed by atoms with E-state index >= 15 is 0 Å². The van der Waals surface area contributed by atoms with Gasteiger partial charge in [-0.2, -0.15) is 0 Å². The summed E-state index contributed by atoms with van der Waals surface area (Å²) in [5, 5.41) is 20.7. The highest BCUT2D eigenvalue weighted by Crippen LogP contribution is 2.19. The number of hydrogen-bond donors (Lipinski definition) is 2. The predicted molar refractivity (Wildman–Crippen MR) is 130 cm³/mol. The fourth-order valence-corrected chi connectivity index (χ4v) is 3.99. The second-order valence-corrected chi connectivity index (χ2v) is 9.00. The van der Waals surface area contributed by atoms with Crippen LogP contribution in [0.4, 0.5) is 10.5 Å². The molecule has 2 heterocycles. The van der Waals surface area contributed by atoms with Crippen molar-refractivity contribution in [1.82, 2.24) is 24.8 Å². The minimum atomic E-state index is -0.370. The molecule has 0 spiro atoms. The molecule has 0 aliphatic carbocycles. The average molecular weight is 489 g/mol. The predicted octanol–water partition coefficient (Wildman–Crippen LogP) is 1.98. The lowest BCUT2D eigenvalue weighted by atomic mass is 10.0. The monoisotopic (exact) mass is 488 g/mol. The van der Waals surface area contributed by atoms with Crippen molar-refractivity contribution in [3.05, 3.63) is 36.2 Å². The summed E-state index contributed by atoms with van der Waals surface area (Å²) in [5.74, 6) is 0.578. The lowest BCUT2D eigenvalue weighted by molar-refractivity contribution is -0.136. The van der Waals surface area contributed by atoms with E-state index in [1.54, 1.807) is 59.1 Å². The summed E-state index contributed by atoms with van der Waals surface area (Å²) in [6, 6.07) is 6.51. The number of aryl methyl sites for hydroxylation is 1. The van der Waals surface area contributed by atoms with Crippen molar-refractivity contribution in [2.24, 2.45) is 5.92 Å². The van der Waals surface area contributed by atoms with E-state index in [1.807, 2.05) is 13.8 Å². The Kier molecular flexibility index (Phi) is 9.44. The molecule has 1 aliphatic heterocycles. The summed E-state index contributed by atoms with van der Waals surface area (Å²) < 4.78 is 13.2. The molecule has 3 amide bonds. The number of fused-ring (bicyclic) bond motifs is 1. The number of likely N-dealkylation sites (N-methyl/N-ethyl adjacent to an activating group) is 1. The number of nitrogens with one attached hydrogen (secondary N) is 1. The number of urea groups is 1. The lowest BCUT2D eigenvalue weighted by Crippen LogP contribution is -2.48. The van der Waals surface area contributed by atoms with Crippen LogP contribution in [-0.2, 0) is 22.7 Å². The van der Waals surface area contributed by atoms with Crippen LogP contribution in [-0.4, -0.2) is 87.8 Å². The molecule has 0 unspecified atom stereocenters. The van der Waals surface area contributed by atoms with E-state index in [9.17, 15) is 14.7 Å². The number of amides is 3. The van der Waals surface area contributed by atoms with Crippen LogP contribution in [0.15, 0.2) is 30.5 Å². The molecule has 1 aromatic heterocycles. The molecule has 35 heavy (non-hydrogen) atoms. The van der Waals surface area contributed by atoms with E-state index in [-0.39, 0.29) is 36.6 Å². The molecule has 0 bridgehead atoms.